The van der Waals surface area contributed by atoms with Crippen molar-refractivity contribution in [1.82, 2.24) is 18.7 Å². The Kier molecular flexibility index (Phi) is 3.93. The predicted molar refractivity (Wildman–Crippen MR) is 99.8 cm³/mol. The van der Waals surface area contributed by atoms with E-state index in [4.69, 9.17) is 0 Å². The van der Waals surface area contributed by atoms with Crippen LogP contribution >= 0.6 is 0 Å². The van der Waals surface area contributed by atoms with Gasteiger partial charge in [0.15, 0.2) is 16.9 Å². The number of carbonyl (C=O) groups is 1. The van der Waals surface area contributed by atoms with E-state index < -0.39 is 16.7 Å². The molecule has 0 radical (unpaired) electrons. The lowest BCUT2D eigenvalue weighted by atomic mass is 9.91. The second kappa shape index (κ2) is 5.65. The van der Waals surface area contributed by atoms with Crippen LogP contribution in [0.1, 0.15) is 40.7 Å². The lowest BCUT2D eigenvalue weighted by Gasteiger charge is -2.30. The molecule has 1 unspecified atom stereocenters. The number of anilines is 1. The summed E-state index contributed by atoms with van der Waals surface area (Å²) in [5.41, 5.74) is 0.00450. The van der Waals surface area contributed by atoms with Gasteiger partial charge < -0.3 is 0 Å². The Morgan fingerprint density at radius 2 is 1.77 bits per heavy atom. The monoisotopic (exact) mass is 360 g/mol. The standard InChI is InChI=1S/C17H24N6O3/c1-9-10(2)23-12-13(20(6)16(26)21(7)14(12)25)18-15(23)22(19-9)8-11(24)17(3,4)5/h10H,8H2,1-7H3. The van der Waals surface area contributed by atoms with Crippen LogP contribution in [0.25, 0.3) is 11.2 Å². The Hall–Kier alpha value is -2.71. The molecule has 1 atom stereocenters. The van der Waals surface area contributed by atoms with E-state index in [-0.39, 0.29) is 24.0 Å². The van der Waals surface area contributed by atoms with Gasteiger partial charge in [-0.2, -0.15) is 10.1 Å². The van der Waals surface area contributed by atoms with Crippen LogP contribution < -0.4 is 16.3 Å². The molecule has 2 aromatic rings. The molecule has 3 heterocycles. The highest BCUT2D eigenvalue weighted by atomic mass is 16.2. The average Bonchev–Trinajstić information content (AvgIpc) is 2.95. The first-order valence-electron chi connectivity index (χ1n) is 8.49. The maximum Gasteiger partial charge on any atom is 0.332 e. The van der Waals surface area contributed by atoms with E-state index in [1.807, 2.05) is 34.6 Å². The average molecular weight is 360 g/mol. The van der Waals surface area contributed by atoms with Gasteiger partial charge in [0.05, 0.1) is 11.8 Å². The minimum absolute atomic E-state index is 0.00370. The second-order valence-electron chi connectivity index (χ2n) is 7.81. The van der Waals surface area contributed by atoms with Crippen LogP contribution in [-0.2, 0) is 18.9 Å². The lowest BCUT2D eigenvalue weighted by Crippen LogP contribution is -2.40. The van der Waals surface area contributed by atoms with E-state index in [1.54, 1.807) is 11.6 Å². The van der Waals surface area contributed by atoms with Crippen LogP contribution in [0.2, 0.25) is 0 Å². The van der Waals surface area contributed by atoms with E-state index in [2.05, 4.69) is 10.1 Å². The Morgan fingerprint density at radius 1 is 1.15 bits per heavy atom. The number of aryl methyl sites for hydroxylation is 1. The number of nitrogens with zero attached hydrogens (tertiary/aromatic N) is 6. The molecule has 1 aliphatic heterocycles. The molecule has 0 amide bonds. The zero-order valence-electron chi connectivity index (χ0n) is 16.2. The number of hydrogen-bond donors (Lipinski definition) is 0. The molecule has 0 fully saturated rings. The fraction of sp³-hybridized carbons (Fsp3) is 0.588. The first-order valence-corrected chi connectivity index (χ1v) is 8.49. The van der Waals surface area contributed by atoms with Crippen molar-refractivity contribution >= 4 is 28.6 Å². The largest absolute Gasteiger partial charge is 0.332 e. The fourth-order valence-corrected chi connectivity index (χ4v) is 2.94. The fourth-order valence-electron chi connectivity index (χ4n) is 2.94. The molecule has 2 aromatic heterocycles. The van der Waals surface area contributed by atoms with Gasteiger partial charge in [0.1, 0.15) is 6.54 Å². The molecule has 3 rings (SSSR count). The van der Waals surface area contributed by atoms with E-state index in [9.17, 15) is 14.4 Å². The van der Waals surface area contributed by atoms with Crippen molar-refractivity contribution < 1.29 is 4.79 Å². The van der Waals surface area contributed by atoms with Crippen LogP contribution in [-0.4, -0.2) is 36.7 Å². The maximum absolute atomic E-state index is 12.7. The zero-order chi connectivity index (χ0) is 19.5. The summed E-state index contributed by atoms with van der Waals surface area (Å²) >= 11 is 0. The summed E-state index contributed by atoms with van der Waals surface area (Å²) in [6.07, 6.45) is 0. The molecule has 9 heteroatoms. The van der Waals surface area contributed by atoms with E-state index >= 15 is 0 Å². The highest BCUT2D eigenvalue weighted by Gasteiger charge is 2.33. The molecular weight excluding hydrogens is 336 g/mol. The number of ketones is 1. The van der Waals surface area contributed by atoms with Crippen molar-refractivity contribution in [3.8, 4) is 0 Å². The number of hydrazone groups is 1. The maximum atomic E-state index is 12.7. The third-order valence-corrected chi connectivity index (χ3v) is 4.90. The van der Waals surface area contributed by atoms with Gasteiger partial charge in [-0.15, -0.1) is 0 Å². The minimum atomic E-state index is -0.522. The third kappa shape index (κ3) is 2.49. The SMILES string of the molecule is CC1=NN(CC(=O)C(C)(C)C)c2nc3c(c(=O)n(C)c(=O)n3C)n2C1C. The molecule has 1 aliphatic rings. The van der Waals surface area contributed by atoms with Gasteiger partial charge in [0, 0.05) is 19.5 Å². The molecule has 9 nitrogen and oxygen atoms in total. The van der Waals surface area contributed by atoms with Crippen molar-refractivity contribution in [2.75, 3.05) is 11.6 Å². The first kappa shape index (κ1) is 18.1. The quantitative estimate of drug-likeness (QED) is 0.790. The van der Waals surface area contributed by atoms with Gasteiger partial charge in [0.2, 0.25) is 5.95 Å². The number of hydrogen-bond acceptors (Lipinski definition) is 6. The minimum Gasteiger partial charge on any atom is -0.297 e. The van der Waals surface area contributed by atoms with Gasteiger partial charge >= 0.3 is 5.69 Å². The predicted octanol–water partition coefficient (Wildman–Crippen LogP) is 0.806. The van der Waals surface area contributed by atoms with Crippen LogP contribution in [0.15, 0.2) is 14.7 Å². The number of carbonyl (C=O) groups excluding carboxylic acids is 1. The van der Waals surface area contributed by atoms with Gasteiger partial charge in [0.25, 0.3) is 5.56 Å². The molecule has 0 bridgehead atoms. The van der Waals surface area contributed by atoms with Crippen molar-refractivity contribution in [2.24, 2.45) is 24.6 Å². The topological polar surface area (TPSA) is 94.5 Å². The molecule has 0 saturated heterocycles. The summed E-state index contributed by atoms with van der Waals surface area (Å²) in [4.78, 5) is 42.0. The molecule has 0 saturated carbocycles. The Bertz CT molecular complexity index is 1060. The van der Waals surface area contributed by atoms with E-state index in [0.29, 0.717) is 11.5 Å². The van der Waals surface area contributed by atoms with E-state index in [1.165, 1.54) is 16.6 Å². The summed E-state index contributed by atoms with van der Waals surface area (Å²) in [5, 5.41) is 6.03. The molecule has 26 heavy (non-hydrogen) atoms. The molecule has 0 N–H and O–H groups in total. The second-order valence-corrected chi connectivity index (χ2v) is 7.81. The van der Waals surface area contributed by atoms with E-state index in [0.717, 1.165) is 10.3 Å². The third-order valence-electron chi connectivity index (χ3n) is 4.90. The molecule has 0 aromatic carbocycles. The van der Waals surface area contributed by atoms with Crippen molar-refractivity contribution in [1.29, 1.82) is 0 Å². The number of fused-ring (bicyclic) bond motifs is 3. The van der Waals surface area contributed by atoms with Crippen LogP contribution in [0.3, 0.4) is 0 Å². The Labute approximate surface area is 150 Å². The summed E-state index contributed by atoms with van der Waals surface area (Å²) in [7, 11) is 3.02. The highest BCUT2D eigenvalue weighted by Crippen LogP contribution is 2.30. The van der Waals surface area contributed by atoms with Gasteiger partial charge in [-0.25, -0.2) is 9.80 Å². The number of aromatic nitrogens is 4. The summed E-state index contributed by atoms with van der Waals surface area (Å²) in [5.74, 6) is 0.401. The molecule has 140 valence electrons. The van der Waals surface area contributed by atoms with Crippen LogP contribution in [0.5, 0.6) is 0 Å². The Balaban J connectivity index is 2.29. The smallest absolute Gasteiger partial charge is 0.297 e. The normalized spacial score (nSPS) is 17.4. The summed E-state index contributed by atoms with van der Waals surface area (Å²) < 4.78 is 4.17. The molecule has 0 spiro atoms. The molecule has 0 aliphatic carbocycles. The summed E-state index contributed by atoms with van der Waals surface area (Å²) in [6.45, 7) is 9.35. The van der Waals surface area contributed by atoms with Crippen molar-refractivity contribution in [3.05, 3.63) is 20.8 Å². The lowest BCUT2D eigenvalue weighted by molar-refractivity contribution is -0.124. The molecular formula is C17H24N6O3. The number of Topliss-reactive ketones (excluding diaryl/α,β-unsaturated/α-hetero) is 1. The first-order chi connectivity index (χ1) is 11.9. The van der Waals surface area contributed by atoms with Gasteiger partial charge in [-0.3, -0.25) is 23.3 Å². The van der Waals surface area contributed by atoms with Gasteiger partial charge in [-0.05, 0) is 13.8 Å². The van der Waals surface area contributed by atoms with Crippen molar-refractivity contribution in [2.45, 2.75) is 40.7 Å². The highest BCUT2D eigenvalue weighted by molar-refractivity contribution is 5.93. The Morgan fingerprint density at radius 3 is 2.35 bits per heavy atom. The van der Waals surface area contributed by atoms with Gasteiger partial charge in [-0.1, -0.05) is 20.8 Å². The van der Waals surface area contributed by atoms with Crippen molar-refractivity contribution in [3.63, 3.8) is 0 Å². The summed E-state index contributed by atoms with van der Waals surface area (Å²) in [6, 6.07) is -0.207. The zero-order valence-corrected chi connectivity index (χ0v) is 16.2. The van der Waals surface area contributed by atoms with Crippen LogP contribution in [0.4, 0.5) is 5.95 Å². The number of imidazole rings is 1. The van der Waals surface area contributed by atoms with Crippen LogP contribution in [0, 0.1) is 5.41 Å². The number of rotatable bonds is 2.